The zero-order valence-electron chi connectivity index (χ0n) is 13.0. The van der Waals surface area contributed by atoms with E-state index in [1.54, 1.807) is 11.9 Å². The highest BCUT2D eigenvalue weighted by molar-refractivity contribution is 6.04. The van der Waals surface area contributed by atoms with E-state index in [1.807, 2.05) is 54.6 Å². The summed E-state index contributed by atoms with van der Waals surface area (Å²) >= 11 is 0. The van der Waals surface area contributed by atoms with Crippen molar-refractivity contribution in [2.24, 2.45) is 0 Å². The summed E-state index contributed by atoms with van der Waals surface area (Å²) in [6.07, 6.45) is 0.763. The summed E-state index contributed by atoms with van der Waals surface area (Å²) in [7, 11) is 1.79. The highest BCUT2D eigenvalue weighted by Gasteiger charge is 2.17. The maximum atomic E-state index is 12.5. The molecule has 23 heavy (non-hydrogen) atoms. The molecule has 5 heteroatoms. The summed E-state index contributed by atoms with van der Waals surface area (Å²) in [6.45, 7) is 1.19. The Bertz CT molecular complexity index is 783. The van der Waals surface area contributed by atoms with E-state index in [2.05, 4.69) is 10.2 Å². The summed E-state index contributed by atoms with van der Waals surface area (Å²) in [5, 5.41) is 7.89. The van der Waals surface area contributed by atoms with Gasteiger partial charge in [-0.15, -0.1) is 0 Å². The number of H-pyrrole nitrogens is 1. The molecule has 0 saturated heterocycles. The van der Waals surface area contributed by atoms with Crippen LogP contribution in [-0.4, -0.2) is 41.2 Å². The van der Waals surface area contributed by atoms with Gasteiger partial charge in [0.15, 0.2) is 5.69 Å². The van der Waals surface area contributed by atoms with Gasteiger partial charge in [-0.25, -0.2) is 0 Å². The van der Waals surface area contributed by atoms with Crippen molar-refractivity contribution in [1.29, 1.82) is 0 Å². The fraction of sp³-hybridized carbons (Fsp3) is 0.222. The van der Waals surface area contributed by atoms with Crippen LogP contribution in [-0.2, 0) is 0 Å². The molecule has 1 heterocycles. The standard InChI is InChI=1S/C18H19N3O2/c1-21(12-7-13-23-14-8-3-2-4-9-14)18(22)17-15-10-5-6-11-16(15)19-20-17/h2-6,8-11H,7,12-13H2,1H3,(H,19,20). The number of carbonyl (C=O) groups excluding carboxylic acids is 1. The minimum absolute atomic E-state index is 0.0813. The molecule has 0 fully saturated rings. The Morgan fingerprint density at radius 3 is 2.70 bits per heavy atom. The summed E-state index contributed by atoms with van der Waals surface area (Å²) in [5.41, 5.74) is 1.34. The Morgan fingerprint density at radius 1 is 1.13 bits per heavy atom. The Labute approximate surface area is 134 Å². The van der Waals surface area contributed by atoms with Gasteiger partial charge < -0.3 is 9.64 Å². The van der Waals surface area contributed by atoms with Gasteiger partial charge in [0.25, 0.3) is 5.91 Å². The zero-order valence-corrected chi connectivity index (χ0v) is 13.0. The van der Waals surface area contributed by atoms with Crippen LogP contribution < -0.4 is 4.74 Å². The number of hydrogen-bond donors (Lipinski definition) is 1. The number of carbonyl (C=O) groups is 1. The number of nitrogens with zero attached hydrogens (tertiary/aromatic N) is 2. The largest absolute Gasteiger partial charge is 0.494 e. The molecule has 0 unspecified atom stereocenters. The summed E-state index contributed by atoms with van der Waals surface area (Å²) in [4.78, 5) is 14.2. The molecule has 0 saturated carbocycles. The van der Waals surface area contributed by atoms with Crippen LogP contribution in [0.2, 0.25) is 0 Å². The minimum Gasteiger partial charge on any atom is -0.494 e. The van der Waals surface area contributed by atoms with Crippen LogP contribution in [0.1, 0.15) is 16.9 Å². The van der Waals surface area contributed by atoms with Crippen LogP contribution in [0.3, 0.4) is 0 Å². The Morgan fingerprint density at radius 2 is 1.87 bits per heavy atom. The number of nitrogens with one attached hydrogen (secondary N) is 1. The second-order valence-electron chi connectivity index (χ2n) is 5.36. The lowest BCUT2D eigenvalue weighted by atomic mass is 10.2. The van der Waals surface area contributed by atoms with E-state index in [0.29, 0.717) is 18.8 Å². The van der Waals surface area contributed by atoms with Gasteiger partial charge in [-0.1, -0.05) is 36.4 Å². The molecule has 118 valence electrons. The van der Waals surface area contributed by atoms with Crippen molar-refractivity contribution in [1.82, 2.24) is 15.1 Å². The lowest BCUT2D eigenvalue weighted by molar-refractivity contribution is 0.0784. The van der Waals surface area contributed by atoms with Gasteiger partial charge in [-0.05, 0) is 24.6 Å². The zero-order chi connectivity index (χ0) is 16.1. The molecule has 0 atom stereocenters. The molecule has 0 bridgehead atoms. The van der Waals surface area contributed by atoms with Gasteiger partial charge in [0.05, 0.1) is 12.1 Å². The van der Waals surface area contributed by atoms with Gasteiger partial charge in [0, 0.05) is 19.0 Å². The second kappa shape index (κ2) is 6.96. The van der Waals surface area contributed by atoms with E-state index < -0.39 is 0 Å². The summed E-state index contributed by atoms with van der Waals surface area (Å²) in [6, 6.07) is 17.3. The first-order valence-electron chi connectivity index (χ1n) is 7.62. The number of hydrogen-bond acceptors (Lipinski definition) is 3. The first-order valence-corrected chi connectivity index (χ1v) is 7.62. The molecule has 0 spiro atoms. The predicted octanol–water partition coefficient (Wildman–Crippen LogP) is 3.10. The van der Waals surface area contributed by atoms with E-state index in [1.165, 1.54) is 0 Å². The van der Waals surface area contributed by atoms with Gasteiger partial charge >= 0.3 is 0 Å². The van der Waals surface area contributed by atoms with Crippen molar-refractivity contribution in [2.45, 2.75) is 6.42 Å². The number of ether oxygens (including phenoxy) is 1. The lowest BCUT2D eigenvalue weighted by Crippen LogP contribution is -2.29. The van der Waals surface area contributed by atoms with E-state index in [9.17, 15) is 4.79 Å². The van der Waals surface area contributed by atoms with Gasteiger partial charge in [0.1, 0.15) is 5.75 Å². The minimum atomic E-state index is -0.0813. The van der Waals surface area contributed by atoms with Crippen LogP contribution in [0.25, 0.3) is 10.9 Å². The van der Waals surface area contributed by atoms with Crippen LogP contribution >= 0.6 is 0 Å². The number of benzene rings is 2. The van der Waals surface area contributed by atoms with E-state index in [-0.39, 0.29) is 5.91 Å². The molecule has 1 N–H and O–H groups in total. The Kier molecular flexibility index (Phi) is 4.57. The highest BCUT2D eigenvalue weighted by Crippen LogP contribution is 2.16. The van der Waals surface area contributed by atoms with Crippen molar-refractivity contribution in [3.8, 4) is 5.75 Å². The summed E-state index contributed by atoms with van der Waals surface area (Å²) < 4.78 is 5.64. The molecule has 2 aromatic carbocycles. The van der Waals surface area contributed by atoms with Crippen molar-refractivity contribution in [3.05, 3.63) is 60.3 Å². The van der Waals surface area contributed by atoms with Gasteiger partial charge in [-0.2, -0.15) is 5.10 Å². The number of aromatic amines is 1. The molecule has 5 nitrogen and oxygen atoms in total. The normalized spacial score (nSPS) is 10.7. The molecule has 0 radical (unpaired) electrons. The molecule has 0 aliphatic rings. The molecule has 3 rings (SSSR count). The topological polar surface area (TPSA) is 58.2 Å². The third-order valence-corrected chi connectivity index (χ3v) is 3.67. The van der Waals surface area contributed by atoms with E-state index in [0.717, 1.165) is 23.1 Å². The van der Waals surface area contributed by atoms with Crippen LogP contribution in [0, 0.1) is 0 Å². The fourth-order valence-corrected chi connectivity index (χ4v) is 2.42. The first-order chi connectivity index (χ1) is 11.3. The van der Waals surface area contributed by atoms with Gasteiger partial charge in [0.2, 0.25) is 0 Å². The van der Waals surface area contributed by atoms with Crippen molar-refractivity contribution in [3.63, 3.8) is 0 Å². The Balaban J connectivity index is 1.54. The molecule has 0 aliphatic carbocycles. The van der Waals surface area contributed by atoms with Crippen LogP contribution in [0.4, 0.5) is 0 Å². The predicted molar refractivity (Wildman–Crippen MR) is 89.6 cm³/mol. The molecule has 3 aromatic rings. The number of fused-ring (bicyclic) bond motifs is 1. The third kappa shape index (κ3) is 3.51. The van der Waals surface area contributed by atoms with Crippen molar-refractivity contribution < 1.29 is 9.53 Å². The van der Waals surface area contributed by atoms with Crippen LogP contribution in [0.15, 0.2) is 54.6 Å². The maximum Gasteiger partial charge on any atom is 0.274 e. The maximum absolute atomic E-state index is 12.5. The van der Waals surface area contributed by atoms with Crippen LogP contribution in [0.5, 0.6) is 5.75 Å². The average Bonchev–Trinajstić information content (AvgIpc) is 3.03. The molecular formula is C18H19N3O2. The Hall–Kier alpha value is -2.82. The molecule has 0 aliphatic heterocycles. The summed E-state index contributed by atoms with van der Waals surface area (Å²) in [5.74, 6) is 0.766. The average molecular weight is 309 g/mol. The number of amides is 1. The first kappa shape index (κ1) is 15.1. The fourth-order valence-electron chi connectivity index (χ4n) is 2.42. The SMILES string of the molecule is CN(CCCOc1ccccc1)C(=O)c1n[nH]c2ccccc12. The van der Waals surface area contributed by atoms with Gasteiger partial charge in [-0.3, -0.25) is 9.89 Å². The number of para-hydroxylation sites is 2. The third-order valence-electron chi connectivity index (χ3n) is 3.67. The lowest BCUT2D eigenvalue weighted by Gasteiger charge is -2.16. The van der Waals surface area contributed by atoms with Crippen molar-refractivity contribution in [2.75, 3.05) is 20.2 Å². The molecule has 1 aromatic heterocycles. The quantitative estimate of drug-likeness (QED) is 0.712. The number of rotatable bonds is 6. The molecule has 1 amide bonds. The molecular weight excluding hydrogens is 290 g/mol. The van der Waals surface area contributed by atoms with E-state index in [4.69, 9.17) is 4.74 Å². The highest BCUT2D eigenvalue weighted by atomic mass is 16.5. The smallest absolute Gasteiger partial charge is 0.274 e. The van der Waals surface area contributed by atoms with Crippen molar-refractivity contribution >= 4 is 16.8 Å². The van der Waals surface area contributed by atoms with E-state index >= 15 is 0 Å². The monoisotopic (exact) mass is 309 g/mol. The number of aromatic nitrogens is 2. The second-order valence-corrected chi connectivity index (χ2v) is 5.36.